The highest BCUT2D eigenvalue weighted by molar-refractivity contribution is 7.91. The summed E-state index contributed by atoms with van der Waals surface area (Å²) in [7, 11) is -7.32. The molecule has 0 amide bonds. The lowest BCUT2D eigenvalue weighted by Crippen LogP contribution is -2.30. The molecule has 9 heteroatoms. The summed E-state index contributed by atoms with van der Waals surface area (Å²) in [5, 5.41) is 0.0126. The fourth-order valence-electron chi connectivity index (χ4n) is 2.26. The maximum absolute atomic E-state index is 12.6. The molecule has 1 saturated heterocycles. The van der Waals surface area contributed by atoms with Gasteiger partial charge >= 0.3 is 0 Å². The molecule has 0 radical (unpaired) electrons. The lowest BCUT2D eigenvalue weighted by Gasteiger charge is -2.17. The molecule has 6 nitrogen and oxygen atoms in total. The molecule has 1 unspecified atom stereocenters. The molecule has 118 valence electrons. The van der Waals surface area contributed by atoms with Crippen LogP contribution in [0.2, 0.25) is 5.02 Å². The average Bonchev–Trinajstić information content (AvgIpc) is 2.87. The van der Waals surface area contributed by atoms with Gasteiger partial charge in [0.05, 0.1) is 9.92 Å². The van der Waals surface area contributed by atoms with E-state index in [9.17, 15) is 16.8 Å². The van der Waals surface area contributed by atoms with Crippen molar-refractivity contribution in [1.29, 1.82) is 0 Å². The van der Waals surface area contributed by atoms with Crippen LogP contribution in [0.5, 0.6) is 0 Å². The molecule has 1 aliphatic rings. The quantitative estimate of drug-likeness (QED) is 0.860. The summed E-state index contributed by atoms with van der Waals surface area (Å²) in [4.78, 5) is -0.246. The van der Waals surface area contributed by atoms with Crippen molar-refractivity contribution in [2.75, 3.05) is 25.9 Å². The molecule has 2 N–H and O–H groups in total. The maximum atomic E-state index is 12.6. The van der Waals surface area contributed by atoms with Crippen LogP contribution >= 0.6 is 11.6 Å². The number of sulfonamides is 1. The minimum Gasteiger partial charge on any atom is -0.330 e. The van der Waals surface area contributed by atoms with Crippen molar-refractivity contribution in [3.63, 3.8) is 0 Å². The van der Waals surface area contributed by atoms with Crippen molar-refractivity contribution < 1.29 is 16.8 Å². The van der Waals surface area contributed by atoms with Gasteiger partial charge in [-0.1, -0.05) is 11.6 Å². The predicted octanol–water partition coefficient (Wildman–Crippen LogP) is 0.713. The number of hydrogen-bond acceptors (Lipinski definition) is 5. The molecule has 1 aromatic rings. The fourth-order valence-corrected chi connectivity index (χ4v) is 5.01. The Labute approximate surface area is 129 Å². The average molecular weight is 353 g/mol. The molecular weight excluding hydrogens is 336 g/mol. The summed E-state index contributed by atoms with van der Waals surface area (Å²) in [6, 6.07) is 3.70. The van der Waals surface area contributed by atoms with Gasteiger partial charge < -0.3 is 5.73 Å². The Morgan fingerprint density at radius 2 is 2.00 bits per heavy atom. The third-order valence-electron chi connectivity index (χ3n) is 3.53. The summed E-state index contributed by atoms with van der Waals surface area (Å²) in [5.74, 6) is 0.122. The zero-order valence-electron chi connectivity index (χ0n) is 11.5. The van der Waals surface area contributed by atoms with Gasteiger partial charge in [0.15, 0.2) is 9.84 Å². The Morgan fingerprint density at radius 1 is 1.33 bits per heavy atom. The number of hydrogen-bond donors (Lipinski definition) is 1. The van der Waals surface area contributed by atoms with Gasteiger partial charge in [0.2, 0.25) is 10.0 Å². The molecule has 1 heterocycles. The van der Waals surface area contributed by atoms with Crippen LogP contribution < -0.4 is 5.73 Å². The number of sulfone groups is 1. The van der Waals surface area contributed by atoms with Gasteiger partial charge in [-0.25, -0.2) is 16.8 Å². The van der Waals surface area contributed by atoms with E-state index in [4.69, 9.17) is 17.3 Å². The molecule has 1 aliphatic heterocycles. The first-order valence-electron chi connectivity index (χ1n) is 6.36. The molecule has 1 aromatic carbocycles. The Hall–Kier alpha value is -0.670. The maximum Gasteiger partial charge on any atom is 0.244 e. The Balaban J connectivity index is 2.45. The molecule has 0 spiro atoms. The molecule has 2 rings (SSSR count). The number of nitrogens with two attached hydrogens (primary N) is 1. The van der Waals surface area contributed by atoms with Crippen LogP contribution in [-0.4, -0.2) is 47.0 Å². The van der Waals surface area contributed by atoms with E-state index in [2.05, 4.69) is 0 Å². The van der Waals surface area contributed by atoms with E-state index in [0.717, 1.165) is 12.3 Å². The number of halogens is 1. The standard InChI is InChI=1S/C12H17ClN2O4S2/c1-20(16,17)10-2-3-11(13)12(6-10)21(18,19)15-5-4-9(7-14)8-15/h2-3,6,9H,4-5,7-8,14H2,1H3. The molecule has 0 aromatic heterocycles. The van der Waals surface area contributed by atoms with E-state index in [1.807, 2.05) is 0 Å². The number of nitrogens with zero attached hydrogens (tertiary/aromatic N) is 1. The van der Waals surface area contributed by atoms with Crippen LogP contribution in [0.3, 0.4) is 0 Å². The Bertz CT molecular complexity index is 747. The summed E-state index contributed by atoms with van der Waals surface area (Å²) in [6.45, 7) is 1.12. The highest BCUT2D eigenvalue weighted by Crippen LogP contribution is 2.30. The normalized spacial score (nSPS) is 20.8. The molecular formula is C12H17ClN2O4S2. The van der Waals surface area contributed by atoms with E-state index in [1.165, 1.54) is 16.4 Å². The SMILES string of the molecule is CS(=O)(=O)c1ccc(Cl)c(S(=O)(=O)N2CCC(CN)C2)c1. The van der Waals surface area contributed by atoms with Gasteiger partial charge in [-0.3, -0.25) is 0 Å². The second-order valence-electron chi connectivity index (χ2n) is 5.12. The van der Waals surface area contributed by atoms with E-state index in [0.29, 0.717) is 26.1 Å². The van der Waals surface area contributed by atoms with E-state index in [1.54, 1.807) is 0 Å². The van der Waals surface area contributed by atoms with Crippen LogP contribution in [0.25, 0.3) is 0 Å². The monoisotopic (exact) mass is 352 g/mol. The summed E-state index contributed by atoms with van der Waals surface area (Å²) in [5.41, 5.74) is 5.56. The van der Waals surface area contributed by atoms with Crippen molar-refractivity contribution >= 4 is 31.5 Å². The van der Waals surface area contributed by atoms with Gasteiger partial charge in [-0.05, 0) is 37.1 Å². The summed E-state index contributed by atoms with van der Waals surface area (Å²) >= 11 is 5.95. The predicted molar refractivity (Wildman–Crippen MR) is 80.5 cm³/mol. The van der Waals surface area contributed by atoms with Gasteiger partial charge in [0, 0.05) is 19.3 Å². The van der Waals surface area contributed by atoms with Crippen molar-refractivity contribution in [3.8, 4) is 0 Å². The van der Waals surface area contributed by atoms with Crippen molar-refractivity contribution in [2.24, 2.45) is 11.7 Å². The number of rotatable bonds is 4. The number of benzene rings is 1. The highest BCUT2D eigenvalue weighted by Gasteiger charge is 2.33. The van der Waals surface area contributed by atoms with Crippen molar-refractivity contribution in [3.05, 3.63) is 23.2 Å². The van der Waals surface area contributed by atoms with Gasteiger partial charge in [-0.15, -0.1) is 0 Å². The van der Waals surface area contributed by atoms with Crippen LogP contribution in [-0.2, 0) is 19.9 Å². The molecule has 21 heavy (non-hydrogen) atoms. The molecule has 0 bridgehead atoms. The minimum absolute atomic E-state index is 0.0126. The summed E-state index contributed by atoms with van der Waals surface area (Å²) in [6.07, 6.45) is 1.71. The van der Waals surface area contributed by atoms with Crippen LogP contribution in [0.15, 0.2) is 28.0 Å². The zero-order valence-corrected chi connectivity index (χ0v) is 13.9. The third-order valence-corrected chi connectivity index (χ3v) is 6.99. The van der Waals surface area contributed by atoms with E-state index >= 15 is 0 Å². The minimum atomic E-state index is -3.81. The zero-order chi connectivity index (χ0) is 15.8. The lowest BCUT2D eigenvalue weighted by atomic mass is 10.1. The first-order valence-corrected chi connectivity index (χ1v) is 10.1. The first-order chi connectivity index (χ1) is 9.66. The molecule has 1 fully saturated rings. The van der Waals surface area contributed by atoms with Gasteiger partial charge in [0.1, 0.15) is 4.90 Å². The van der Waals surface area contributed by atoms with Crippen molar-refractivity contribution in [1.82, 2.24) is 4.31 Å². The van der Waals surface area contributed by atoms with Gasteiger partial charge in [0.25, 0.3) is 0 Å². The fraction of sp³-hybridized carbons (Fsp3) is 0.500. The molecule has 0 saturated carbocycles. The van der Waals surface area contributed by atoms with Gasteiger partial charge in [-0.2, -0.15) is 4.31 Å². The lowest BCUT2D eigenvalue weighted by molar-refractivity contribution is 0.459. The smallest absolute Gasteiger partial charge is 0.244 e. The van der Waals surface area contributed by atoms with Crippen LogP contribution in [0, 0.1) is 5.92 Å². The third kappa shape index (κ3) is 3.40. The van der Waals surface area contributed by atoms with E-state index < -0.39 is 19.9 Å². The Morgan fingerprint density at radius 3 is 2.52 bits per heavy atom. The molecule has 0 aliphatic carbocycles. The highest BCUT2D eigenvalue weighted by atomic mass is 35.5. The van der Waals surface area contributed by atoms with E-state index in [-0.39, 0.29) is 20.7 Å². The summed E-state index contributed by atoms with van der Waals surface area (Å²) < 4.78 is 49.7. The Kier molecular flexibility index (Phi) is 4.65. The topological polar surface area (TPSA) is 97.5 Å². The second kappa shape index (κ2) is 5.85. The molecule has 1 atom stereocenters. The largest absolute Gasteiger partial charge is 0.330 e. The van der Waals surface area contributed by atoms with Crippen molar-refractivity contribution in [2.45, 2.75) is 16.2 Å². The first kappa shape index (κ1) is 16.7. The van der Waals surface area contributed by atoms with Crippen LogP contribution in [0.1, 0.15) is 6.42 Å². The second-order valence-corrected chi connectivity index (χ2v) is 9.45. The van der Waals surface area contributed by atoms with Crippen LogP contribution in [0.4, 0.5) is 0 Å².